The summed E-state index contributed by atoms with van der Waals surface area (Å²) in [5.41, 5.74) is -0.790. The van der Waals surface area contributed by atoms with Gasteiger partial charge in [-0.15, -0.1) is 0 Å². The van der Waals surface area contributed by atoms with E-state index in [0.29, 0.717) is 24.0 Å². The van der Waals surface area contributed by atoms with Crippen LogP contribution in [0.15, 0.2) is 16.5 Å². The highest BCUT2D eigenvalue weighted by Crippen LogP contribution is 2.62. The second-order valence-electron chi connectivity index (χ2n) is 8.54. The molecule has 27 heavy (non-hydrogen) atoms. The second-order valence-corrected chi connectivity index (χ2v) is 8.54. The number of esters is 2. The van der Waals surface area contributed by atoms with Crippen molar-refractivity contribution in [1.82, 2.24) is 5.32 Å². The molecule has 1 amide bonds. The molecule has 4 aliphatic rings. The molecule has 1 heterocycles. The van der Waals surface area contributed by atoms with Gasteiger partial charge in [-0.1, -0.05) is 0 Å². The number of amides is 1. The summed E-state index contributed by atoms with van der Waals surface area (Å²) in [6, 6.07) is 3.11. The normalized spacial score (nSPS) is 33.6. The van der Waals surface area contributed by atoms with Crippen molar-refractivity contribution in [1.29, 1.82) is 0 Å². The molecule has 4 bridgehead atoms. The zero-order chi connectivity index (χ0) is 19.2. The average molecular weight is 375 g/mol. The summed E-state index contributed by atoms with van der Waals surface area (Å²) in [5, 5.41) is 3.15. The lowest BCUT2D eigenvalue weighted by molar-refractivity contribution is -0.177. The number of methoxy groups -OCH3 is 1. The molecule has 7 heteroatoms. The minimum absolute atomic E-state index is 0.0138. The fraction of sp³-hybridized carbons (Fsp3) is 0.650. The molecular weight excluding hydrogens is 350 g/mol. The molecule has 1 aromatic rings. The summed E-state index contributed by atoms with van der Waals surface area (Å²) in [7, 11) is 1.28. The van der Waals surface area contributed by atoms with Gasteiger partial charge in [0.1, 0.15) is 12.4 Å². The van der Waals surface area contributed by atoms with Gasteiger partial charge in [0.15, 0.2) is 0 Å². The van der Waals surface area contributed by atoms with Crippen LogP contribution < -0.4 is 5.32 Å². The largest absolute Gasteiger partial charge is 0.463 e. The first-order valence-corrected chi connectivity index (χ1v) is 9.46. The Morgan fingerprint density at radius 3 is 2.52 bits per heavy atom. The van der Waals surface area contributed by atoms with E-state index in [4.69, 9.17) is 9.15 Å². The third-order valence-electron chi connectivity index (χ3n) is 6.33. The lowest BCUT2D eigenvalue weighted by atomic mass is 9.47. The summed E-state index contributed by atoms with van der Waals surface area (Å²) in [4.78, 5) is 36.2. The first-order chi connectivity index (χ1) is 12.8. The van der Waals surface area contributed by atoms with Gasteiger partial charge < -0.3 is 19.2 Å². The highest BCUT2D eigenvalue weighted by Gasteiger charge is 2.61. The van der Waals surface area contributed by atoms with Crippen molar-refractivity contribution in [3.63, 3.8) is 0 Å². The Labute approximate surface area is 157 Å². The minimum atomic E-state index is -0.564. The molecule has 4 saturated carbocycles. The Morgan fingerprint density at radius 2 is 1.89 bits per heavy atom. The number of furan rings is 1. The molecule has 0 spiro atoms. The quantitative estimate of drug-likeness (QED) is 0.795. The topological polar surface area (TPSA) is 94.8 Å². The number of rotatable bonds is 5. The Morgan fingerprint density at radius 1 is 1.19 bits per heavy atom. The number of carbonyl (C=O) groups is 3. The van der Waals surface area contributed by atoms with Gasteiger partial charge in [-0.2, -0.15) is 0 Å². The molecule has 146 valence electrons. The molecule has 5 rings (SSSR count). The maximum absolute atomic E-state index is 13.0. The zero-order valence-electron chi connectivity index (χ0n) is 15.7. The van der Waals surface area contributed by atoms with E-state index in [1.807, 2.05) is 0 Å². The minimum Gasteiger partial charge on any atom is -0.463 e. The van der Waals surface area contributed by atoms with Crippen LogP contribution in [0.25, 0.3) is 0 Å². The molecule has 0 unspecified atom stereocenters. The van der Waals surface area contributed by atoms with Crippen LogP contribution in [0.3, 0.4) is 0 Å². The van der Waals surface area contributed by atoms with Crippen LogP contribution in [-0.4, -0.2) is 30.5 Å². The molecule has 2 atom stereocenters. The molecule has 0 saturated heterocycles. The number of nitrogens with one attached hydrogen (secondary N) is 1. The smallest absolute Gasteiger partial charge is 0.373 e. The predicted octanol–water partition coefficient (Wildman–Crippen LogP) is 2.58. The Kier molecular flexibility index (Phi) is 4.28. The molecule has 7 nitrogen and oxygen atoms in total. The van der Waals surface area contributed by atoms with Crippen LogP contribution in [0.5, 0.6) is 0 Å². The average Bonchev–Trinajstić information content (AvgIpc) is 3.05. The Bertz CT molecular complexity index is 767. The van der Waals surface area contributed by atoms with Gasteiger partial charge >= 0.3 is 11.9 Å². The number of ether oxygens (including phenoxy) is 2. The SMILES string of the molecule is COC(=O)c1ccc(COC(=O)C23C[C@@H]4C[C@H](CC(NC(C)=O)(C4)C2)C3)o1. The monoisotopic (exact) mass is 375 g/mol. The van der Waals surface area contributed by atoms with Crippen LogP contribution in [0, 0.1) is 17.3 Å². The Balaban J connectivity index is 1.46. The van der Waals surface area contributed by atoms with Crippen LogP contribution >= 0.6 is 0 Å². The standard InChI is InChI=1S/C20H25NO6/c1-12(22)21-20-8-13-5-14(9-20)7-19(6-13,11-20)18(24)26-10-15-3-4-16(27-15)17(23)25-2/h3-4,13-14H,5-11H2,1-2H3,(H,21,22)/t13-,14-,19?,20?/m0/s1. The number of hydrogen-bond donors (Lipinski definition) is 1. The summed E-state index contributed by atoms with van der Waals surface area (Å²) in [5.74, 6) is 0.591. The highest BCUT2D eigenvalue weighted by molar-refractivity contribution is 5.86. The molecule has 4 fully saturated rings. The van der Waals surface area contributed by atoms with Crippen molar-refractivity contribution in [3.8, 4) is 0 Å². The molecular formula is C20H25NO6. The molecule has 1 N–H and O–H groups in total. The Hall–Kier alpha value is -2.31. The first kappa shape index (κ1) is 18.1. The summed E-state index contributed by atoms with van der Waals surface area (Å²) in [6.07, 6.45) is 5.36. The van der Waals surface area contributed by atoms with Gasteiger partial charge in [0.2, 0.25) is 11.7 Å². The predicted molar refractivity (Wildman–Crippen MR) is 93.5 cm³/mol. The molecule has 1 aromatic heterocycles. The van der Waals surface area contributed by atoms with E-state index < -0.39 is 11.4 Å². The van der Waals surface area contributed by atoms with E-state index in [1.54, 1.807) is 13.0 Å². The van der Waals surface area contributed by atoms with E-state index in [0.717, 1.165) is 32.1 Å². The third kappa shape index (κ3) is 3.24. The second kappa shape index (κ2) is 6.39. The lowest BCUT2D eigenvalue weighted by Gasteiger charge is -2.60. The zero-order valence-corrected chi connectivity index (χ0v) is 15.7. The van der Waals surface area contributed by atoms with Crippen molar-refractivity contribution in [2.75, 3.05) is 7.11 Å². The fourth-order valence-electron chi connectivity index (χ4n) is 5.98. The lowest BCUT2D eigenvalue weighted by Crippen LogP contribution is -2.64. The fourth-order valence-corrected chi connectivity index (χ4v) is 5.98. The van der Waals surface area contributed by atoms with Crippen LogP contribution in [0.4, 0.5) is 0 Å². The van der Waals surface area contributed by atoms with Crippen molar-refractivity contribution in [3.05, 3.63) is 23.7 Å². The summed E-state index contributed by atoms with van der Waals surface area (Å²) < 4.78 is 15.6. The van der Waals surface area contributed by atoms with Crippen LogP contribution in [-0.2, 0) is 25.7 Å². The maximum Gasteiger partial charge on any atom is 0.373 e. The van der Waals surface area contributed by atoms with E-state index in [-0.39, 0.29) is 29.8 Å². The molecule has 0 aromatic carbocycles. The third-order valence-corrected chi connectivity index (χ3v) is 6.33. The van der Waals surface area contributed by atoms with E-state index in [1.165, 1.54) is 13.2 Å². The van der Waals surface area contributed by atoms with Gasteiger partial charge in [-0.05, 0) is 62.5 Å². The first-order valence-electron chi connectivity index (χ1n) is 9.46. The number of hydrogen-bond acceptors (Lipinski definition) is 6. The van der Waals surface area contributed by atoms with Gasteiger partial charge in [0.05, 0.1) is 12.5 Å². The molecule has 0 aliphatic heterocycles. The highest BCUT2D eigenvalue weighted by atomic mass is 16.6. The van der Waals surface area contributed by atoms with Crippen molar-refractivity contribution in [2.45, 2.75) is 57.6 Å². The summed E-state index contributed by atoms with van der Waals surface area (Å²) >= 11 is 0. The van der Waals surface area contributed by atoms with Gasteiger partial charge in [-0.3, -0.25) is 9.59 Å². The van der Waals surface area contributed by atoms with Crippen molar-refractivity contribution in [2.24, 2.45) is 17.3 Å². The van der Waals surface area contributed by atoms with Gasteiger partial charge in [0, 0.05) is 12.5 Å². The van der Waals surface area contributed by atoms with Crippen LogP contribution in [0.2, 0.25) is 0 Å². The van der Waals surface area contributed by atoms with Crippen molar-refractivity contribution >= 4 is 17.8 Å². The molecule has 0 radical (unpaired) electrons. The van der Waals surface area contributed by atoms with E-state index >= 15 is 0 Å². The molecule has 4 aliphatic carbocycles. The summed E-state index contributed by atoms with van der Waals surface area (Å²) in [6.45, 7) is 1.53. The van der Waals surface area contributed by atoms with Gasteiger partial charge in [0.25, 0.3) is 0 Å². The van der Waals surface area contributed by atoms with E-state index in [2.05, 4.69) is 10.1 Å². The number of carbonyl (C=O) groups excluding carboxylic acids is 3. The van der Waals surface area contributed by atoms with Crippen LogP contribution in [0.1, 0.15) is 61.8 Å². The van der Waals surface area contributed by atoms with Crippen molar-refractivity contribution < 1.29 is 28.3 Å². The van der Waals surface area contributed by atoms with E-state index in [9.17, 15) is 14.4 Å². The maximum atomic E-state index is 13.0. The van der Waals surface area contributed by atoms with Gasteiger partial charge in [-0.25, -0.2) is 4.79 Å².